The van der Waals surface area contributed by atoms with E-state index >= 15 is 0 Å². The molecule has 0 saturated heterocycles. The van der Waals surface area contributed by atoms with Gasteiger partial charge in [0.15, 0.2) is 5.96 Å². The van der Waals surface area contributed by atoms with Crippen molar-refractivity contribution < 1.29 is 4.21 Å². The Bertz CT molecular complexity index is 416. The highest BCUT2D eigenvalue weighted by molar-refractivity contribution is 7.84. The second kappa shape index (κ2) is 8.69. The van der Waals surface area contributed by atoms with Crippen LogP contribution in [0, 0.1) is 0 Å². The smallest absolute Gasteiger partial charge is 0.191 e. The molecular formula is C14H23N3OS. The van der Waals surface area contributed by atoms with Crippen molar-refractivity contribution in [3.8, 4) is 0 Å². The number of hydrogen-bond acceptors (Lipinski definition) is 2. The van der Waals surface area contributed by atoms with Crippen molar-refractivity contribution >= 4 is 16.8 Å². The average Bonchev–Trinajstić information content (AvgIpc) is 2.41. The summed E-state index contributed by atoms with van der Waals surface area (Å²) < 4.78 is 11.9. The van der Waals surface area contributed by atoms with Crippen LogP contribution in [-0.2, 0) is 16.6 Å². The van der Waals surface area contributed by atoms with Crippen molar-refractivity contribution in [1.82, 2.24) is 4.90 Å². The maximum absolute atomic E-state index is 11.9. The summed E-state index contributed by atoms with van der Waals surface area (Å²) in [7, 11) is -0.886. The van der Waals surface area contributed by atoms with Crippen LogP contribution in [0.1, 0.15) is 19.4 Å². The van der Waals surface area contributed by atoms with E-state index in [1.54, 1.807) is 0 Å². The second-order valence-electron chi connectivity index (χ2n) is 4.19. The number of aliphatic imine (C=N–C) groups is 1. The molecule has 1 atom stereocenters. The Morgan fingerprint density at radius 3 is 2.47 bits per heavy atom. The van der Waals surface area contributed by atoms with Crippen molar-refractivity contribution in [3.05, 3.63) is 35.9 Å². The van der Waals surface area contributed by atoms with Crippen LogP contribution in [0.4, 0.5) is 0 Å². The van der Waals surface area contributed by atoms with E-state index in [9.17, 15) is 4.21 Å². The number of nitrogens with zero attached hydrogens (tertiary/aromatic N) is 2. The quantitative estimate of drug-likeness (QED) is 0.610. The van der Waals surface area contributed by atoms with E-state index in [4.69, 9.17) is 5.73 Å². The van der Waals surface area contributed by atoms with Gasteiger partial charge in [-0.3, -0.25) is 9.20 Å². The predicted octanol–water partition coefficient (Wildman–Crippen LogP) is 1.59. The lowest BCUT2D eigenvalue weighted by atomic mass is 10.2. The molecule has 0 amide bonds. The minimum atomic E-state index is -0.886. The standard InChI is InChI=1S/C14H23N3OS/c1-3-17(4-2)14(15)16-10-11-19(18)12-13-8-6-5-7-9-13/h5-9H,3-4,10-12H2,1-2H3,(H2,15,16). The van der Waals surface area contributed by atoms with E-state index in [0.717, 1.165) is 18.7 Å². The number of benzene rings is 1. The molecule has 0 aliphatic heterocycles. The van der Waals surface area contributed by atoms with Crippen LogP contribution in [-0.4, -0.2) is 40.5 Å². The summed E-state index contributed by atoms with van der Waals surface area (Å²) >= 11 is 0. The van der Waals surface area contributed by atoms with Crippen molar-refractivity contribution in [3.63, 3.8) is 0 Å². The lowest BCUT2D eigenvalue weighted by Crippen LogP contribution is -2.37. The molecule has 106 valence electrons. The Labute approximate surface area is 118 Å². The Hall–Kier alpha value is -1.36. The summed E-state index contributed by atoms with van der Waals surface area (Å²) in [5, 5.41) is 0. The van der Waals surface area contributed by atoms with Gasteiger partial charge in [-0.1, -0.05) is 30.3 Å². The van der Waals surface area contributed by atoms with E-state index in [1.165, 1.54) is 0 Å². The van der Waals surface area contributed by atoms with E-state index in [1.807, 2.05) is 49.1 Å². The zero-order valence-electron chi connectivity index (χ0n) is 11.7. The fraction of sp³-hybridized carbons (Fsp3) is 0.500. The molecule has 1 unspecified atom stereocenters. The monoisotopic (exact) mass is 281 g/mol. The summed E-state index contributed by atoms with van der Waals surface area (Å²) in [6, 6.07) is 9.87. The van der Waals surface area contributed by atoms with Gasteiger partial charge in [0.25, 0.3) is 0 Å². The Kier molecular flexibility index (Phi) is 7.18. The van der Waals surface area contributed by atoms with Gasteiger partial charge >= 0.3 is 0 Å². The van der Waals surface area contributed by atoms with Crippen LogP contribution >= 0.6 is 0 Å². The fourth-order valence-corrected chi connectivity index (χ4v) is 2.75. The molecule has 1 rings (SSSR count). The maximum atomic E-state index is 11.9. The molecule has 0 saturated carbocycles. The third-order valence-corrected chi connectivity index (χ3v) is 4.14. The van der Waals surface area contributed by atoms with Crippen molar-refractivity contribution in [2.24, 2.45) is 10.7 Å². The SMILES string of the molecule is CCN(CC)C(N)=NCCS(=O)Cc1ccccc1. The van der Waals surface area contributed by atoms with Gasteiger partial charge in [0.2, 0.25) is 0 Å². The molecule has 2 N–H and O–H groups in total. The molecular weight excluding hydrogens is 258 g/mol. The summed E-state index contributed by atoms with van der Waals surface area (Å²) in [4.78, 5) is 6.26. The van der Waals surface area contributed by atoms with Crippen LogP contribution in [0.15, 0.2) is 35.3 Å². The van der Waals surface area contributed by atoms with E-state index < -0.39 is 10.8 Å². The molecule has 0 bridgehead atoms. The lowest BCUT2D eigenvalue weighted by Gasteiger charge is -2.19. The van der Waals surface area contributed by atoms with Gasteiger partial charge in [-0.05, 0) is 19.4 Å². The zero-order chi connectivity index (χ0) is 14.1. The van der Waals surface area contributed by atoms with E-state index in [0.29, 0.717) is 24.0 Å². The average molecular weight is 281 g/mol. The number of nitrogens with two attached hydrogens (primary N) is 1. The maximum Gasteiger partial charge on any atom is 0.191 e. The first-order valence-electron chi connectivity index (χ1n) is 6.61. The topological polar surface area (TPSA) is 58.7 Å². The second-order valence-corrected chi connectivity index (χ2v) is 5.76. The van der Waals surface area contributed by atoms with Gasteiger partial charge in [-0.25, -0.2) is 0 Å². The molecule has 0 heterocycles. The number of rotatable bonds is 7. The normalized spacial score (nSPS) is 13.3. The van der Waals surface area contributed by atoms with Gasteiger partial charge < -0.3 is 10.6 Å². The summed E-state index contributed by atoms with van der Waals surface area (Å²) in [5.41, 5.74) is 6.95. The Balaban J connectivity index is 2.36. The molecule has 1 aromatic carbocycles. The molecule has 4 nitrogen and oxygen atoms in total. The molecule has 1 aromatic rings. The van der Waals surface area contributed by atoms with Crippen LogP contribution < -0.4 is 5.73 Å². The molecule has 0 spiro atoms. The van der Waals surface area contributed by atoms with Gasteiger partial charge in [-0.15, -0.1) is 0 Å². The summed E-state index contributed by atoms with van der Waals surface area (Å²) in [6.07, 6.45) is 0. The van der Waals surface area contributed by atoms with Crippen molar-refractivity contribution in [1.29, 1.82) is 0 Å². The third-order valence-electron chi connectivity index (χ3n) is 2.85. The molecule has 0 fully saturated rings. The van der Waals surface area contributed by atoms with Gasteiger partial charge in [0, 0.05) is 35.4 Å². The lowest BCUT2D eigenvalue weighted by molar-refractivity contribution is 0.458. The highest BCUT2D eigenvalue weighted by atomic mass is 32.2. The molecule has 0 aromatic heterocycles. The molecule has 0 radical (unpaired) electrons. The Morgan fingerprint density at radius 2 is 1.89 bits per heavy atom. The minimum absolute atomic E-state index is 0.516. The fourth-order valence-electron chi connectivity index (χ4n) is 1.74. The first kappa shape index (κ1) is 15.7. The van der Waals surface area contributed by atoms with Crippen LogP contribution in [0.3, 0.4) is 0 Å². The third kappa shape index (κ3) is 5.87. The predicted molar refractivity (Wildman–Crippen MR) is 82.6 cm³/mol. The zero-order valence-corrected chi connectivity index (χ0v) is 12.5. The highest BCUT2D eigenvalue weighted by Crippen LogP contribution is 2.02. The van der Waals surface area contributed by atoms with Gasteiger partial charge in [0.05, 0.1) is 6.54 Å². The summed E-state index contributed by atoms with van der Waals surface area (Å²) in [5.74, 6) is 1.68. The van der Waals surface area contributed by atoms with Crippen LogP contribution in [0.5, 0.6) is 0 Å². The van der Waals surface area contributed by atoms with Crippen molar-refractivity contribution in [2.45, 2.75) is 19.6 Å². The number of hydrogen-bond donors (Lipinski definition) is 1. The molecule has 0 aliphatic carbocycles. The van der Waals surface area contributed by atoms with Crippen molar-refractivity contribution in [2.75, 3.05) is 25.4 Å². The molecule has 19 heavy (non-hydrogen) atoms. The first-order chi connectivity index (χ1) is 9.17. The largest absolute Gasteiger partial charge is 0.370 e. The van der Waals surface area contributed by atoms with E-state index in [-0.39, 0.29) is 0 Å². The van der Waals surface area contributed by atoms with Gasteiger partial charge in [-0.2, -0.15) is 0 Å². The van der Waals surface area contributed by atoms with E-state index in [2.05, 4.69) is 4.99 Å². The van der Waals surface area contributed by atoms with Crippen LogP contribution in [0.2, 0.25) is 0 Å². The molecule has 5 heteroatoms. The minimum Gasteiger partial charge on any atom is -0.370 e. The van der Waals surface area contributed by atoms with Crippen LogP contribution in [0.25, 0.3) is 0 Å². The highest BCUT2D eigenvalue weighted by Gasteiger charge is 2.03. The first-order valence-corrected chi connectivity index (χ1v) is 8.10. The summed E-state index contributed by atoms with van der Waals surface area (Å²) in [6.45, 7) is 6.29. The molecule has 0 aliphatic rings. The van der Waals surface area contributed by atoms with Gasteiger partial charge in [0.1, 0.15) is 0 Å². The Morgan fingerprint density at radius 1 is 1.26 bits per heavy atom. The number of guanidine groups is 1.